The Balaban J connectivity index is 2.81. The smallest absolute Gasteiger partial charge is 0.181 e. The van der Waals surface area contributed by atoms with Gasteiger partial charge in [0.25, 0.3) is 0 Å². The fourth-order valence-electron chi connectivity index (χ4n) is 0.701. The number of hydrogen-bond donors (Lipinski definition) is 1. The molecule has 0 fully saturated rings. The van der Waals surface area contributed by atoms with Crippen molar-refractivity contribution in [2.45, 2.75) is 6.92 Å². The lowest BCUT2D eigenvalue weighted by Gasteiger charge is -1.95. The molecule has 50 valence electrons. The largest absolute Gasteiger partial charge is 0.293 e. The summed E-state index contributed by atoms with van der Waals surface area (Å²) in [5.74, 6) is 0. The topological polar surface area (TPSA) is 35.8 Å². The van der Waals surface area contributed by atoms with E-state index in [2.05, 4.69) is 5.32 Å². The summed E-state index contributed by atoms with van der Waals surface area (Å²) in [6.45, 7) is 2.01. The van der Waals surface area contributed by atoms with Crippen molar-refractivity contribution in [2.75, 3.05) is 5.32 Å². The maximum absolute atomic E-state index is 8.23. The maximum atomic E-state index is 8.23. The summed E-state index contributed by atoms with van der Waals surface area (Å²) in [4.78, 5) is 0. The number of aryl methyl sites for hydroxylation is 1. The van der Waals surface area contributed by atoms with E-state index in [0.717, 1.165) is 5.69 Å². The summed E-state index contributed by atoms with van der Waals surface area (Å²) in [5.41, 5.74) is 2.04. The molecule has 0 aromatic heterocycles. The second-order valence-corrected chi connectivity index (χ2v) is 2.10. The van der Waals surface area contributed by atoms with Gasteiger partial charge in [0.1, 0.15) is 0 Å². The van der Waals surface area contributed by atoms with Crippen molar-refractivity contribution in [3.05, 3.63) is 29.8 Å². The van der Waals surface area contributed by atoms with Crippen molar-refractivity contribution < 1.29 is 0 Å². The van der Waals surface area contributed by atoms with E-state index < -0.39 is 0 Å². The molecule has 0 atom stereocenters. The van der Waals surface area contributed by atoms with Crippen molar-refractivity contribution in [1.82, 2.24) is 0 Å². The average Bonchev–Trinajstić information content (AvgIpc) is 1.95. The highest BCUT2D eigenvalue weighted by Crippen LogP contribution is 2.06. The SMILES string of the molecule is Cc1ccc(NC#N)cc1. The number of nitrogens with one attached hydrogen (secondary N) is 1. The number of nitriles is 1. The number of hydrogen-bond acceptors (Lipinski definition) is 2. The first-order valence-corrected chi connectivity index (χ1v) is 3.04. The van der Waals surface area contributed by atoms with Crippen molar-refractivity contribution in [3.63, 3.8) is 0 Å². The molecule has 10 heavy (non-hydrogen) atoms. The Morgan fingerprint density at radius 3 is 2.40 bits per heavy atom. The van der Waals surface area contributed by atoms with E-state index in [1.807, 2.05) is 37.4 Å². The van der Waals surface area contributed by atoms with E-state index in [-0.39, 0.29) is 0 Å². The van der Waals surface area contributed by atoms with Crippen molar-refractivity contribution >= 4 is 5.69 Å². The van der Waals surface area contributed by atoms with Crippen LogP contribution in [-0.4, -0.2) is 0 Å². The third-order valence-electron chi connectivity index (χ3n) is 1.25. The van der Waals surface area contributed by atoms with Crippen LogP contribution in [0.15, 0.2) is 24.3 Å². The Bertz CT molecular complexity index is 243. The first-order valence-electron chi connectivity index (χ1n) is 3.04. The molecule has 0 amide bonds. The van der Waals surface area contributed by atoms with Gasteiger partial charge in [0.15, 0.2) is 6.19 Å². The predicted octanol–water partition coefficient (Wildman–Crippen LogP) is 1.89. The summed E-state index contributed by atoms with van der Waals surface area (Å²) >= 11 is 0. The molecule has 2 heteroatoms. The zero-order valence-corrected chi connectivity index (χ0v) is 5.76. The molecule has 0 spiro atoms. The molecule has 0 unspecified atom stereocenters. The summed E-state index contributed by atoms with van der Waals surface area (Å²) < 4.78 is 0. The normalized spacial score (nSPS) is 8.40. The average molecular weight is 132 g/mol. The molecule has 0 aliphatic carbocycles. The summed E-state index contributed by atoms with van der Waals surface area (Å²) in [6.07, 6.45) is 1.85. The van der Waals surface area contributed by atoms with Crippen LogP contribution in [0.5, 0.6) is 0 Å². The lowest BCUT2D eigenvalue weighted by molar-refractivity contribution is 1.44. The van der Waals surface area contributed by atoms with Gasteiger partial charge in [-0.2, -0.15) is 5.26 Å². The monoisotopic (exact) mass is 132 g/mol. The molecule has 0 aliphatic heterocycles. The number of nitrogens with zero attached hydrogens (tertiary/aromatic N) is 1. The number of benzene rings is 1. The highest BCUT2D eigenvalue weighted by molar-refractivity contribution is 5.47. The molecule has 1 aromatic carbocycles. The first kappa shape index (κ1) is 6.63. The molecule has 2 nitrogen and oxygen atoms in total. The zero-order valence-electron chi connectivity index (χ0n) is 5.76. The molecule has 0 heterocycles. The first-order chi connectivity index (χ1) is 4.83. The Hall–Kier alpha value is -1.49. The maximum Gasteiger partial charge on any atom is 0.181 e. The molecular formula is C8H8N2. The van der Waals surface area contributed by atoms with Gasteiger partial charge in [0, 0.05) is 5.69 Å². The molecule has 0 saturated carbocycles. The van der Waals surface area contributed by atoms with Crippen LogP contribution < -0.4 is 5.32 Å². The molecule has 0 saturated heterocycles. The minimum atomic E-state index is 0.841. The van der Waals surface area contributed by atoms with E-state index in [1.165, 1.54) is 5.56 Å². The van der Waals surface area contributed by atoms with Gasteiger partial charge in [0.05, 0.1) is 0 Å². The van der Waals surface area contributed by atoms with Crippen LogP contribution in [0, 0.1) is 18.4 Å². The van der Waals surface area contributed by atoms with Crippen molar-refractivity contribution in [1.29, 1.82) is 5.26 Å². The zero-order chi connectivity index (χ0) is 7.40. The Kier molecular flexibility index (Phi) is 1.91. The highest BCUT2D eigenvalue weighted by Gasteiger charge is 1.86. The molecule has 1 rings (SSSR count). The van der Waals surface area contributed by atoms with Gasteiger partial charge in [-0.15, -0.1) is 0 Å². The second kappa shape index (κ2) is 2.88. The van der Waals surface area contributed by atoms with Crippen LogP contribution in [0.4, 0.5) is 5.69 Å². The van der Waals surface area contributed by atoms with Crippen LogP contribution in [-0.2, 0) is 0 Å². The predicted molar refractivity (Wildman–Crippen MR) is 40.4 cm³/mol. The standard InChI is InChI=1S/C8H8N2/c1-7-2-4-8(5-3-7)10-6-9/h2-5,10H,1H3. The fraction of sp³-hybridized carbons (Fsp3) is 0.125. The third kappa shape index (κ3) is 1.49. The van der Waals surface area contributed by atoms with Crippen LogP contribution in [0.3, 0.4) is 0 Å². The Morgan fingerprint density at radius 2 is 1.90 bits per heavy atom. The van der Waals surface area contributed by atoms with E-state index in [0.29, 0.717) is 0 Å². The molecular weight excluding hydrogens is 124 g/mol. The Morgan fingerprint density at radius 1 is 1.30 bits per heavy atom. The molecule has 0 bridgehead atoms. The van der Waals surface area contributed by atoms with Gasteiger partial charge in [0.2, 0.25) is 0 Å². The molecule has 0 aliphatic rings. The Labute approximate surface area is 60.1 Å². The lowest BCUT2D eigenvalue weighted by Crippen LogP contribution is -1.85. The number of anilines is 1. The van der Waals surface area contributed by atoms with Gasteiger partial charge < -0.3 is 0 Å². The molecule has 0 radical (unpaired) electrons. The minimum absolute atomic E-state index is 0.841. The highest BCUT2D eigenvalue weighted by atomic mass is 14.9. The van der Waals surface area contributed by atoms with Crippen molar-refractivity contribution in [2.24, 2.45) is 0 Å². The third-order valence-corrected chi connectivity index (χ3v) is 1.25. The van der Waals surface area contributed by atoms with Crippen LogP contribution in [0.2, 0.25) is 0 Å². The molecule has 1 aromatic rings. The van der Waals surface area contributed by atoms with Crippen molar-refractivity contribution in [3.8, 4) is 6.19 Å². The molecule has 1 N–H and O–H groups in total. The summed E-state index contributed by atoms with van der Waals surface area (Å²) in [6, 6.07) is 7.66. The fourth-order valence-corrected chi connectivity index (χ4v) is 0.701. The van der Waals surface area contributed by atoms with Gasteiger partial charge in [-0.1, -0.05) is 17.7 Å². The van der Waals surface area contributed by atoms with Gasteiger partial charge in [-0.25, -0.2) is 0 Å². The van der Waals surface area contributed by atoms with Gasteiger partial charge in [-0.3, -0.25) is 5.32 Å². The summed E-state index contributed by atoms with van der Waals surface area (Å²) in [5, 5.41) is 10.8. The van der Waals surface area contributed by atoms with Crippen LogP contribution >= 0.6 is 0 Å². The van der Waals surface area contributed by atoms with Gasteiger partial charge in [-0.05, 0) is 19.1 Å². The van der Waals surface area contributed by atoms with E-state index in [4.69, 9.17) is 5.26 Å². The lowest BCUT2D eigenvalue weighted by atomic mass is 10.2. The van der Waals surface area contributed by atoms with Crippen LogP contribution in [0.25, 0.3) is 0 Å². The minimum Gasteiger partial charge on any atom is -0.293 e. The van der Waals surface area contributed by atoms with Gasteiger partial charge >= 0.3 is 0 Å². The van der Waals surface area contributed by atoms with E-state index in [1.54, 1.807) is 0 Å². The van der Waals surface area contributed by atoms with Crippen LogP contribution in [0.1, 0.15) is 5.56 Å². The van der Waals surface area contributed by atoms with E-state index in [9.17, 15) is 0 Å². The summed E-state index contributed by atoms with van der Waals surface area (Å²) in [7, 11) is 0. The quantitative estimate of drug-likeness (QED) is 0.468. The second-order valence-electron chi connectivity index (χ2n) is 2.10. The van der Waals surface area contributed by atoms with E-state index >= 15 is 0 Å². The number of rotatable bonds is 1.